The highest BCUT2D eigenvalue weighted by atomic mass is 35.5. The van der Waals surface area contributed by atoms with Gasteiger partial charge in [-0.3, -0.25) is 0 Å². The molecule has 2 aliphatic carbocycles. The first-order valence-corrected chi connectivity index (χ1v) is 7.39. The van der Waals surface area contributed by atoms with E-state index < -0.39 is 0 Å². The van der Waals surface area contributed by atoms with Gasteiger partial charge in [0.15, 0.2) is 0 Å². The monoisotopic (exact) mass is 263 g/mol. The maximum Gasteiger partial charge on any atom is 0.0409 e. The summed E-state index contributed by atoms with van der Waals surface area (Å²) in [7, 11) is 0. The van der Waals surface area contributed by atoms with Gasteiger partial charge in [0.1, 0.15) is 0 Å². The SMILES string of the molecule is CC(NC1c2cc(Cl)ccc2CC1(C)C)C1CC1. The van der Waals surface area contributed by atoms with Gasteiger partial charge in [-0.2, -0.15) is 0 Å². The lowest BCUT2D eigenvalue weighted by Crippen LogP contribution is -2.38. The van der Waals surface area contributed by atoms with Crippen molar-refractivity contribution in [1.29, 1.82) is 0 Å². The van der Waals surface area contributed by atoms with Crippen molar-refractivity contribution >= 4 is 11.6 Å². The molecule has 2 unspecified atom stereocenters. The van der Waals surface area contributed by atoms with Gasteiger partial charge in [0.2, 0.25) is 0 Å². The topological polar surface area (TPSA) is 12.0 Å². The molecule has 1 aromatic rings. The Hall–Kier alpha value is -0.530. The Morgan fingerprint density at radius 3 is 2.72 bits per heavy atom. The number of benzene rings is 1. The summed E-state index contributed by atoms with van der Waals surface area (Å²) in [6, 6.07) is 7.44. The lowest BCUT2D eigenvalue weighted by atomic mass is 9.85. The van der Waals surface area contributed by atoms with Crippen LogP contribution in [-0.4, -0.2) is 6.04 Å². The van der Waals surface area contributed by atoms with Gasteiger partial charge in [-0.05, 0) is 60.8 Å². The molecular formula is C16H22ClN. The Kier molecular flexibility index (Phi) is 2.95. The van der Waals surface area contributed by atoms with Crippen molar-refractivity contribution in [2.45, 2.75) is 52.1 Å². The molecule has 3 rings (SSSR count). The summed E-state index contributed by atoms with van der Waals surface area (Å²) in [4.78, 5) is 0. The van der Waals surface area contributed by atoms with E-state index in [0.29, 0.717) is 12.1 Å². The van der Waals surface area contributed by atoms with Crippen LogP contribution in [0.5, 0.6) is 0 Å². The molecule has 0 spiro atoms. The number of hydrogen-bond donors (Lipinski definition) is 1. The summed E-state index contributed by atoms with van der Waals surface area (Å²) in [5.41, 5.74) is 3.17. The molecule has 0 amide bonds. The van der Waals surface area contributed by atoms with Gasteiger partial charge < -0.3 is 5.32 Å². The van der Waals surface area contributed by atoms with Crippen LogP contribution < -0.4 is 5.32 Å². The average molecular weight is 264 g/mol. The molecule has 18 heavy (non-hydrogen) atoms. The minimum Gasteiger partial charge on any atom is -0.307 e. The van der Waals surface area contributed by atoms with Crippen molar-refractivity contribution in [2.24, 2.45) is 11.3 Å². The maximum atomic E-state index is 6.17. The first kappa shape index (κ1) is 12.5. The fourth-order valence-electron chi connectivity index (χ4n) is 3.32. The standard InChI is InChI=1S/C16H22ClN/c1-10(11-4-5-11)18-15-14-8-13(17)7-6-12(14)9-16(15,2)3/h6-8,10-11,15,18H,4-5,9H2,1-3H3. The van der Waals surface area contributed by atoms with Gasteiger partial charge in [-0.1, -0.05) is 31.5 Å². The largest absolute Gasteiger partial charge is 0.307 e. The van der Waals surface area contributed by atoms with Crippen molar-refractivity contribution in [2.75, 3.05) is 0 Å². The fraction of sp³-hybridized carbons (Fsp3) is 0.625. The zero-order chi connectivity index (χ0) is 12.9. The third-order valence-corrected chi connectivity index (χ3v) is 4.84. The lowest BCUT2D eigenvalue weighted by Gasteiger charge is -2.31. The van der Waals surface area contributed by atoms with Crippen LogP contribution in [0.15, 0.2) is 18.2 Å². The van der Waals surface area contributed by atoms with E-state index in [1.54, 1.807) is 0 Å². The van der Waals surface area contributed by atoms with Crippen molar-refractivity contribution in [3.8, 4) is 0 Å². The second-order valence-corrected chi connectivity index (χ2v) is 7.17. The second-order valence-electron chi connectivity index (χ2n) is 6.73. The summed E-state index contributed by atoms with van der Waals surface area (Å²) < 4.78 is 0. The van der Waals surface area contributed by atoms with E-state index in [1.165, 1.54) is 24.0 Å². The smallest absolute Gasteiger partial charge is 0.0409 e. The zero-order valence-corrected chi connectivity index (χ0v) is 12.2. The lowest BCUT2D eigenvalue weighted by molar-refractivity contribution is 0.244. The van der Waals surface area contributed by atoms with Gasteiger partial charge in [-0.15, -0.1) is 0 Å². The van der Waals surface area contributed by atoms with E-state index in [9.17, 15) is 0 Å². The predicted octanol–water partition coefficient (Wildman–Crippen LogP) is 4.35. The number of rotatable bonds is 3. The van der Waals surface area contributed by atoms with Crippen LogP contribution in [0.3, 0.4) is 0 Å². The van der Waals surface area contributed by atoms with Gasteiger partial charge in [0, 0.05) is 17.1 Å². The van der Waals surface area contributed by atoms with E-state index in [4.69, 9.17) is 11.6 Å². The summed E-state index contributed by atoms with van der Waals surface area (Å²) in [6.07, 6.45) is 3.93. The molecule has 0 bridgehead atoms. The van der Waals surface area contributed by atoms with Gasteiger partial charge in [-0.25, -0.2) is 0 Å². The molecule has 0 saturated heterocycles. The van der Waals surface area contributed by atoms with Gasteiger partial charge >= 0.3 is 0 Å². The number of nitrogens with one attached hydrogen (secondary N) is 1. The molecule has 2 aliphatic rings. The molecule has 1 saturated carbocycles. The third kappa shape index (κ3) is 2.19. The zero-order valence-electron chi connectivity index (χ0n) is 11.5. The Morgan fingerprint density at radius 2 is 2.06 bits per heavy atom. The van der Waals surface area contributed by atoms with E-state index in [1.807, 2.05) is 6.07 Å². The Morgan fingerprint density at radius 1 is 1.33 bits per heavy atom. The van der Waals surface area contributed by atoms with Crippen molar-refractivity contribution in [3.05, 3.63) is 34.3 Å². The highest BCUT2D eigenvalue weighted by Crippen LogP contribution is 2.47. The van der Waals surface area contributed by atoms with E-state index >= 15 is 0 Å². The highest BCUT2D eigenvalue weighted by molar-refractivity contribution is 6.30. The molecule has 1 fully saturated rings. The molecule has 0 aromatic heterocycles. The first-order valence-electron chi connectivity index (χ1n) is 7.02. The molecule has 2 heteroatoms. The van der Waals surface area contributed by atoms with Crippen molar-refractivity contribution in [3.63, 3.8) is 0 Å². The van der Waals surface area contributed by atoms with Crippen LogP contribution in [0.1, 0.15) is 50.8 Å². The summed E-state index contributed by atoms with van der Waals surface area (Å²) in [6.45, 7) is 7.05. The van der Waals surface area contributed by atoms with Gasteiger partial charge in [0.25, 0.3) is 0 Å². The third-order valence-electron chi connectivity index (χ3n) is 4.61. The predicted molar refractivity (Wildman–Crippen MR) is 77.0 cm³/mol. The molecule has 0 radical (unpaired) electrons. The molecule has 98 valence electrons. The van der Waals surface area contributed by atoms with Crippen LogP contribution in [0.25, 0.3) is 0 Å². The molecule has 2 atom stereocenters. The maximum absolute atomic E-state index is 6.17. The van der Waals surface area contributed by atoms with E-state index in [-0.39, 0.29) is 5.41 Å². The quantitative estimate of drug-likeness (QED) is 0.855. The minimum atomic E-state index is 0.288. The number of halogens is 1. The Labute approximate surface area is 115 Å². The molecule has 1 aromatic carbocycles. The summed E-state index contributed by atoms with van der Waals surface area (Å²) >= 11 is 6.17. The van der Waals surface area contributed by atoms with Crippen LogP contribution in [0.4, 0.5) is 0 Å². The van der Waals surface area contributed by atoms with E-state index in [0.717, 1.165) is 17.4 Å². The van der Waals surface area contributed by atoms with E-state index in [2.05, 4.69) is 38.2 Å². The Bertz CT molecular complexity index is 462. The molecule has 0 heterocycles. The first-order chi connectivity index (χ1) is 8.47. The number of hydrogen-bond acceptors (Lipinski definition) is 1. The molecule has 0 aliphatic heterocycles. The summed E-state index contributed by atoms with van der Waals surface area (Å²) in [5.74, 6) is 0.893. The minimum absolute atomic E-state index is 0.288. The molecule has 1 nitrogen and oxygen atoms in total. The molecular weight excluding hydrogens is 242 g/mol. The number of fused-ring (bicyclic) bond motifs is 1. The van der Waals surface area contributed by atoms with Crippen LogP contribution in [0.2, 0.25) is 5.02 Å². The average Bonchev–Trinajstić information content (AvgIpc) is 3.08. The van der Waals surface area contributed by atoms with Crippen LogP contribution in [0, 0.1) is 11.3 Å². The normalized spacial score (nSPS) is 27.0. The molecule has 1 N–H and O–H groups in total. The van der Waals surface area contributed by atoms with Crippen molar-refractivity contribution in [1.82, 2.24) is 5.32 Å². The van der Waals surface area contributed by atoms with Gasteiger partial charge in [0.05, 0.1) is 0 Å². The second kappa shape index (κ2) is 4.25. The van der Waals surface area contributed by atoms with Crippen LogP contribution in [-0.2, 0) is 6.42 Å². The Balaban J connectivity index is 1.89. The summed E-state index contributed by atoms with van der Waals surface area (Å²) in [5, 5.41) is 4.71. The fourth-order valence-corrected chi connectivity index (χ4v) is 3.50. The van der Waals surface area contributed by atoms with Crippen LogP contribution >= 0.6 is 11.6 Å². The van der Waals surface area contributed by atoms with Crippen molar-refractivity contribution < 1.29 is 0 Å². The highest BCUT2D eigenvalue weighted by Gasteiger charge is 2.41.